The lowest BCUT2D eigenvalue weighted by Crippen LogP contribution is -2.46. The molecule has 0 N–H and O–H groups in total. The Hall–Kier alpha value is -0.590. The van der Waals surface area contributed by atoms with Gasteiger partial charge in [-0.15, -0.1) is 0 Å². The number of rotatable bonds is 0. The first-order chi connectivity index (χ1) is 9.56. The highest BCUT2D eigenvalue weighted by atomic mass is 16.1. The van der Waals surface area contributed by atoms with Crippen molar-refractivity contribution in [3.05, 3.63) is 11.6 Å². The van der Waals surface area contributed by atoms with Gasteiger partial charge in [-0.1, -0.05) is 38.3 Å². The Kier molecular flexibility index (Phi) is 2.76. The zero-order valence-corrected chi connectivity index (χ0v) is 13.1. The van der Waals surface area contributed by atoms with Gasteiger partial charge in [0, 0.05) is 11.8 Å². The second-order valence-corrected chi connectivity index (χ2v) is 8.39. The van der Waals surface area contributed by atoms with E-state index in [1.165, 1.54) is 38.5 Å². The van der Waals surface area contributed by atoms with Crippen LogP contribution >= 0.6 is 0 Å². The molecule has 0 aliphatic heterocycles. The van der Waals surface area contributed by atoms with Crippen LogP contribution in [0.15, 0.2) is 11.6 Å². The van der Waals surface area contributed by atoms with Gasteiger partial charge in [-0.2, -0.15) is 0 Å². The van der Waals surface area contributed by atoms with Crippen molar-refractivity contribution >= 4 is 5.78 Å². The molecule has 4 aliphatic rings. The maximum Gasteiger partial charge on any atom is 0.139 e. The Morgan fingerprint density at radius 3 is 2.75 bits per heavy atom. The standard InChI is InChI=1S/C19H28O/c1-18-11-4-3-5-13(18)6-7-14-15-8-9-17(20)19(15,2)12-10-16(14)18/h10,13-15H,3-9,11-12H2,1-2H3/t13?,14-,15-,18-,19-/m0/s1. The van der Waals surface area contributed by atoms with Crippen LogP contribution in [0.2, 0.25) is 0 Å². The first-order valence-electron chi connectivity index (χ1n) is 8.79. The molecule has 1 heteroatoms. The van der Waals surface area contributed by atoms with Gasteiger partial charge in [-0.3, -0.25) is 4.79 Å². The van der Waals surface area contributed by atoms with Gasteiger partial charge in [0.05, 0.1) is 0 Å². The Balaban J connectivity index is 1.74. The number of carbonyl (C=O) groups is 1. The highest BCUT2D eigenvalue weighted by Crippen LogP contribution is 2.63. The quantitative estimate of drug-likeness (QED) is 0.573. The SMILES string of the molecule is C[C@]12CCCCC1CC[C@@H]1C2=CC[C@]2(C)C(=O)CC[C@@H]12. The van der Waals surface area contributed by atoms with Gasteiger partial charge in [-0.25, -0.2) is 0 Å². The van der Waals surface area contributed by atoms with Crippen LogP contribution in [0.5, 0.6) is 0 Å². The summed E-state index contributed by atoms with van der Waals surface area (Å²) in [6.07, 6.45) is 14.1. The molecule has 0 radical (unpaired) electrons. The number of hydrogen-bond acceptors (Lipinski definition) is 1. The summed E-state index contributed by atoms with van der Waals surface area (Å²) >= 11 is 0. The van der Waals surface area contributed by atoms with E-state index in [9.17, 15) is 4.79 Å². The summed E-state index contributed by atoms with van der Waals surface area (Å²) in [4.78, 5) is 12.3. The molecule has 3 saturated carbocycles. The number of carbonyl (C=O) groups excluding carboxylic acids is 1. The number of ketones is 1. The van der Waals surface area contributed by atoms with E-state index in [4.69, 9.17) is 0 Å². The van der Waals surface area contributed by atoms with Crippen molar-refractivity contribution in [3.8, 4) is 0 Å². The number of hydrogen-bond donors (Lipinski definition) is 0. The Bertz CT molecular complexity index is 476. The summed E-state index contributed by atoms with van der Waals surface area (Å²) in [5.74, 6) is 2.88. The fourth-order valence-electron chi connectivity index (χ4n) is 6.34. The van der Waals surface area contributed by atoms with E-state index < -0.39 is 0 Å². The van der Waals surface area contributed by atoms with Gasteiger partial charge >= 0.3 is 0 Å². The summed E-state index contributed by atoms with van der Waals surface area (Å²) in [6.45, 7) is 4.81. The molecule has 0 aromatic heterocycles. The molecule has 0 aromatic carbocycles. The van der Waals surface area contributed by atoms with Gasteiger partial charge in [0.15, 0.2) is 0 Å². The predicted molar refractivity (Wildman–Crippen MR) is 81.3 cm³/mol. The molecule has 1 unspecified atom stereocenters. The molecule has 0 heterocycles. The van der Waals surface area contributed by atoms with Crippen molar-refractivity contribution in [2.45, 2.75) is 71.6 Å². The third-order valence-electron chi connectivity index (χ3n) is 7.65. The average Bonchev–Trinajstić information content (AvgIpc) is 2.74. The lowest BCUT2D eigenvalue weighted by Gasteiger charge is -2.55. The highest BCUT2D eigenvalue weighted by molar-refractivity contribution is 5.87. The first-order valence-corrected chi connectivity index (χ1v) is 8.79. The van der Waals surface area contributed by atoms with E-state index in [1.807, 2.05) is 0 Å². The lowest BCUT2D eigenvalue weighted by molar-refractivity contribution is -0.127. The molecular weight excluding hydrogens is 244 g/mol. The summed E-state index contributed by atoms with van der Waals surface area (Å²) < 4.78 is 0. The van der Waals surface area contributed by atoms with Crippen LogP contribution in [-0.4, -0.2) is 5.78 Å². The molecule has 0 saturated heterocycles. The van der Waals surface area contributed by atoms with Crippen LogP contribution in [0.4, 0.5) is 0 Å². The van der Waals surface area contributed by atoms with Crippen LogP contribution in [0.1, 0.15) is 71.6 Å². The van der Waals surface area contributed by atoms with Crippen LogP contribution in [-0.2, 0) is 4.79 Å². The third-order valence-corrected chi connectivity index (χ3v) is 7.65. The zero-order chi connectivity index (χ0) is 14.0. The summed E-state index contributed by atoms with van der Waals surface area (Å²) in [7, 11) is 0. The van der Waals surface area contributed by atoms with E-state index in [0.29, 0.717) is 17.1 Å². The van der Waals surface area contributed by atoms with Crippen molar-refractivity contribution < 1.29 is 4.79 Å². The largest absolute Gasteiger partial charge is 0.299 e. The first kappa shape index (κ1) is 13.1. The fourth-order valence-corrected chi connectivity index (χ4v) is 6.34. The Labute approximate surface area is 123 Å². The maximum atomic E-state index is 12.3. The number of Topliss-reactive ketones (excluding diaryl/α,β-unsaturated/α-hetero) is 1. The Morgan fingerprint density at radius 1 is 1.05 bits per heavy atom. The van der Waals surface area contributed by atoms with Gasteiger partial charge < -0.3 is 0 Å². The van der Waals surface area contributed by atoms with Gasteiger partial charge in [-0.05, 0) is 61.7 Å². The minimum atomic E-state index is -0.00791. The van der Waals surface area contributed by atoms with Crippen molar-refractivity contribution in [1.82, 2.24) is 0 Å². The van der Waals surface area contributed by atoms with Crippen molar-refractivity contribution in [1.29, 1.82) is 0 Å². The van der Waals surface area contributed by atoms with E-state index in [-0.39, 0.29) is 5.41 Å². The number of fused-ring (bicyclic) bond motifs is 5. The highest BCUT2D eigenvalue weighted by Gasteiger charge is 2.56. The normalized spacial score (nSPS) is 51.0. The molecule has 1 nitrogen and oxygen atoms in total. The Morgan fingerprint density at radius 2 is 1.90 bits per heavy atom. The molecule has 110 valence electrons. The minimum absolute atomic E-state index is 0.00791. The van der Waals surface area contributed by atoms with Gasteiger partial charge in [0.25, 0.3) is 0 Å². The van der Waals surface area contributed by atoms with Gasteiger partial charge in [0.2, 0.25) is 0 Å². The zero-order valence-electron chi connectivity index (χ0n) is 13.1. The maximum absolute atomic E-state index is 12.3. The molecule has 0 aromatic rings. The molecule has 0 amide bonds. The summed E-state index contributed by atoms with van der Waals surface area (Å²) in [5, 5.41) is 0. The monoisotopic (exact) mass is 272 g/mol. The molecular formula is C19H28O. The van der Waals surface area contributed by atoms with E-state index >= 15 is 0 Å². The molecule has 4 aliphatic carbocycles. The summed E-state index contributed by atoms with van der Waals surface area (Å²) in [5.41, 5.74) is 2.26. The average molecular weight is 272 g/mol. The van der Waals surface area contributed by atoms with Crippen LogP contribution in [0.3, 0.4) is 0 Å². The molecule has 0 spiro atoms. The van der Waals surface area contributed by atoms with Crippen molar-refractivity contribution in [2.24, 2.45) is 28.6 Å². The summed E-state index contributed by atoms with van der Waals surface area (Å²) in [6, 6.07) is 0. The van der Waals surface area contributed by atoms with E-state index in [2.05, 4.69) is 19.9 Å². The predicted octanol–water partition coefficient (Wildman–Crippen LogP) is 4.91. The van der Waals surface area contributed by atoms with Crippen LogP contribution in [0.25, 0.3) is 0 Å². The van der Waals surface area contributed by atoms with E-state index in [1.54, 1.807) is 5.57 Å². The molecule has 20 heavy (non-hydrogen) atoms. The minimum Gasteiger partial charge on any atom is -0.299 e. The van der Waals surface area contributed by atoms with Crippen molar-refractivity contribution in [3.63, 3.8) is 0 Å². The topological polar surface area (TPSA) is 17.1 Å². The van der Waals surface area contributed by atoms with Crippen molar-refractivity contribution in [2.75, 3.05) is 0 Å². The van der Waals surface area contributed by atoms with Crippen LogP contribution < -0.4 is 0 Å². The third kappa shape index (κ3) is 1.53. The second kappa shape index (κ2) is 4.21. The molecule has 0 bridgehead atoms. The van der Waals surface area contributed by atoms with Gasteiger partial charge in [0.1, 0.15) is 5.78 Å². The van der Waals surface area contributed by atoms with E-state index in [0.717, 1.165) is 31.1 Å². The fraction of sp³-hybridized carbons (Fsp3) is 0.842. The number of allylic oxidation sites excluding steroid dienone is 2. The molecule has 3 fully saturated rings. The van der Waals surface area contributed by atoms with Crippen LogP contribution in [0, 0.1) is 28.6 Å². The lowest BCUT2D eigenvalue weighted by atomic mass is 9.49. The molecule has 5 atom stereocenters. The second-order valence-electron chi connectivity index (χ2n) is 8.39. The molecule has 4 rings (SSSR count). The smallest absolute Gasteiger partial charge is 0.139 e.